The third-order valence-electron chi connectivity index (χ3n) is 10.5. The molecular formula is C36H30N2O6. The molecular weight excluding hydrogens is 556 g/mol. The van der Waals surface area contributed by atoms with E-state index in [0.29, 0.717) is 36.4 Å². The van der Waals surface area contributed by atoms with Gasteiger partial charge < -0.3 is 9.84 Å². The number of carbonyl (C=O) groups is 4. The number of aromatic hydroxyl groups is 1. The first-order valence-electron chi connectivity index (χ1n) is 15.0. The van der Waals surface area contributed by atoms with Crippen molar-refractivity contribution in [3.63, 3.8) is 0 Å². The highest BCUT2D eigenvalue weighted by atomic mass is 16.5. The number of phenolic OH excluding ortho intramolecular Hbond substituents is 1. The lowest BCUT2D eigenvalue weighted by molar-refractivity contribution is -0.132. The Morgan fingerprint density at radius 2 is 1.50 bits per heavy atom. The van der Waals surface area contributed by atoms with Gasteiger partial charge in [0.1, 0.15) is 11.5 Å². The van der Waals surface area contributed by atoms with Crippen molar-refractivity contribution in [3.05, 3.63) is 108 Å². The minimum atomic E-state index is -1.14. The van der Waals surface area contributed by atoms with Gasteiger partial charge in [-0.15, -0.1) is 0 Å². The molecule has 0 bridgehead atoms. The largest absolute Gasteiger partial charge is 0.508 e. The van der Waals surface area contributed by atoms with Gasteiger partial charge in [0.05, 0.1) is 40.8 Å². The second-order valence-corrected chi connectivity index (χ2v) is 12.6. The van der Waals surface area contributed by atoms with Crippen molar-refractivity contribution >= 4 is 35.0 Å². The number of nitrogens with zero attached hydrogens (tertiary/aromatic N) is 2. The summed E-state index contributed by atoms with van der Waals surface area (Å²) in [7, 11) is 0. The van der Waals surface area contributed by atoms with Gasteiger partial charge >= 0.3 is 0 Å². The summed E-state index contributed by atoms with van der Waals surface area (Å²) in [6.45, 7) is 1.87. The second kappa shape index (κ2) is 9.51. The monoisotopic (exact) mass is 586 g/mol. The number of phenols is 1. The minimum Gasteiger partial charge on any atom is -0.508 e. The molecule has 3 heterocycles. The average molecular weight is 587 g/mol. The van der Waals surface area contributed by atoms with Crippen LogP contribution in [0.5, 0.6) is 11.5 Å². The molecule has 4 amide bonds. The van der Waals surface area contributed by atoms with Crippen LogP contribution in [0.1, 0.15) is 25.3 Å². The van der Waals surface area contributed by atoms with Gasteiger partial charge in [-0.25, -0.2) is 4.90 Å². The quantitative estimate of drug-likeness (QED) is 0.335. The minimum absolute atomic E-state index is 0.109. The Hall–Kier alpha value is -4.98. The molecule has 0 aromatic heterocycles. The van der Waals surface area contributed by atoms with E-state index in [1.807, 2.05) is 25.1 Å². The molecule has 44 heavy (non-hydrogen) atoms. The third kappa shape index (κ3) is 3.57. The Balaban J connectivity index is 1.26. The zero-order valence-corrected chi connectivity index (χ0v) is 24.1. The molecule has 0 unspecified atom stereocenters. The molecule has 0 radical (unpaired) electrons. The van der Waals surface area contributed by atoms with E-state index in [1.54, 1.807) is 73.0 Å². The molecule has 8 nitrogen and oxygen atoms in total. The number of hydrogen-bond acceptors (Lipinski definition) is 6. The van der Waals surface area contributed by atoms with E-state index in [1.165, 1.54) is 9.80 Å². The molecule has 0 spiro atoms. The molecule has 6 atom stereocenters. The van der Waals surface area contributed by atoms with Crippen LogP contribution < -0.4 is 14.5 Å². The summed E-state index contributed by atoms with van der Waals surface area (Å²) in [6, 6.07) is 22.8. The van der Waals surface area contributed by atoms with E-state index in [9.17, 15) is 24.3 Å². The van der Waals surface area contributed by atoms with Gasteiger partial charge in [0.2, 0.25) is 23.6 Å². The number of rotatable bonds is 3. The Bertz CT molecular complexity index is 1810. The van der Waals surface area contributed by atoms with E-state index in [-0.39, 0.29) is 29.4 Å². The topological polar surface area (TPSA) is 104 Å². The molecule has 8 rings (SSSR count). The fourth-order valence-corrected chi connectivity index (χ4v) is 8.50. The number of anilines is 2. The smallest absolute Gasteiger partial charge is 0.241 e. The number of hydrogen-bond donors (Lipinski definition) is 1. The number of para-hydroxylation sites is 2. The number of carbonyl (C=O) groups excluding carboxylic acids is 4. The number of amides is 4. The summed E-state index contributed by atoms with van der Waals surface area (Å²) in [5, 5.41) is 10.2. The average Bonchev–Trinajstić information content (AvgIpc) is 3.41. The highest BCUT2D eigenvalue weighted by molar-refractivity contribution is 6.25. The molecule has 8 heteroatoms. The van der Waals surface area contributed by atoms with E-state index < -0.39 is 35.0 Å². The first kappa shape index (κ1) is 26.6. The highest BCUT2D eigenvalue weighted by Gasteiger charge is 2.68. The maximum absolute atomic E-state index is 14.5. The zero-order chi connectivity index (χ0) is 30.3. The van der Waals surface area contributed by atoms with E-state index >= 15 is 0 Å². The molecule has 3 aromatic rings. The number of benzene rings is 3. The standard InChI is InChI=1S/C36H30N2O6/c1-36-28(33(41)38(35(36)43)23-10-6-3-7-11-23)18-27-25(31(36)21-16-20-17-24(39)12-15-29(20)44-19-21)13-14-26-30(27)34(42)37(32(26)40)22-8-4-2-5-9-22/h2-13,15,17,19,26-28,30-31,39H,14,16,18H2,1H3/t26-,27+,28-,30-,31-,36+/m0/s1. The molecule has 2 aliphatic carbocycles. The summed E-state index contributed by atoms with van der Waals surface area (Å²) in [6.07, 6.45) is 4.78. The fourth-order valence-electron chi connectivity index (χ4n) is 8.50. The highest BCUT2D eigenvalue weighted by Crippen LogP contribution is 2.63. The lowest BCUT2D eigenvalue weighted by Gasteiger charge is -2.49. The van der Waals surface area contributed by atoms with Crippen LogP contribution in [0.3, 0.4) is 0 Å². The summed E-state index contributed by atoms with van der Waals surface area (Å²) in [5.41, 5.74) is 2.40. The zero-order valence-electron chi connectivity index (χ0n) is 24.1. The van der Waals surface area contributed by atoms with Crippen LogP contribution in [0, 0.1) is 35.0 Å². The van der Waals surface area contributed by atoms with Crippen LogP contribution in [0.25, 0.3) is 0 Å². The number of ether oxygens (including phenoxy) is 1. The van der Waals surface area contributed by atoms with Gasteiger partial charge in [0.15, 0.2) is 0 Å². The molecule has 1 N–H and O–H groups in total. The molecule has 5 aliphatic rings. The Morgan fingerprint density at radius 1 is 0.818 bits per heavy atom. The Labute approximate surface area is 254 Å². The lowest BCUT2D eigenvalue weighted by Crippen LogP contribution is -2.51. The normalized spacial score (nSPS) is 30.6. The van der Waals surface area contributed by atoms with Crippen molar-refractivity contribution in [1.82, 2.24) is 0 Å². The lowest BCUT2D eigenvalue weighted by atomic mass is 9.51. The molecule has 1 saturated carbocycles. The maximum Gasteiger partial charge on any atom is 0.241 e. The van der Waals surface area contributed by atoms with Crippen molar-refractivity contribution < 1.29 is 29.0 Å². The van der Waals surface area contributed by atoms with Gasteiger partial charge in [0, 0.05) is 17.9 Å². The molecule has 3 fully saturated rings. The van der Waals surface area contributed by atoms with Crippen LogP contribution in [-0.2, 0) is 25.6 Å². The number of fused-ring (bicyclic) bond motifs is 5. The molecule has 2 saturated heterocycles. The van der Waals surface area contributed by atoms with E-state index in [4.69, 9.17) is 4.74 Å². The van der Waals surface area contributed by atoms with Crippen LogP contribution >= 0.6 is 0 Å². The summed E-state index contributed by atoms with van der Waals surface area (Å²) in [5.74, 6) is -3.15. The molecule has 3 aromatic carbocycles. The SMILES string of the molecule is C[C@@]12C(=O)N(c3ccccc3)C(=O)[C@@H]1C[C@@H]1C(=CC[C@@H]3C(=O)N(c4ccccc4)C(=O)[C@@H]31)[C@@H]2C1=COc2ccc(O)cc2C1. The predicted molar refractivity (Wildman–Crippen MR) is 161 cm³/mol. The summed E-state index contributed by atoms with van der Waals surface area (Å²) in [4.78, 5) is 59.2. The van der Waals surface area contributed by atoms with Gasteiger partial charge in [-0.2, -0.15) is 0 Å². The number of allylic oxidation sites excluding steroid dienone is 3. The van der Waals surface area contributed by atoms with Gasteiger partial charge in [-0.05, 0) is 73.7 Å². The van der Waals surface area contributed by atoms with E-state index in [2.05, 4.69) is 0 Å². The van der Waals surface area contributed by atoms with Crippen molar-refractivity contribution in [2.45, 2.75) is 26.2 Å². The van der Waals surface area contributed by atoms with Gasteiger partial charge in [-0.1, -0.05) is 48.0 Å². The Morgan fingerprint density at radius 3 is 2.20 bits per heavy atom. The summed E-state index contributed by atoms with van der Waals surface area (Å²) < 4.78 is 6.05. The van der Waals surface area contributed by atoms with E-state index in [0.717, 1.165) is 16.7 Å². The van der Waals surface area contributed by atoms with Gasteiger partial charge in [-0.3, -0.25) is 24.1 Å². The Kier molecular flexibility index (Phi) is 5.76. The number of imide groups is 2. The summed E-state index contributed by atoms with van der Waals surface area (Å²) >= 11 is 0. The van der Waals surface area contributed by atoms with Crippen molar-refractivity contribution in [3.8, 4) is 11.5 Å². The maximum atomic E-state index is 14.5. The third-order valence-corrected chi connectivity index (χ3v) is 10.5. The first-order chi connectivity index (χ1) is 21.3. The van der Waals surface area contributed by atoms with Crippen LogP contribution in [-0.4, -0.2) is 28.7 Å². The van der Waals surface area contributed by atoms with Crippen LogP contribution in [0.2, 0.25) is 0 Å². The predicted octanol–water partition coefficient (Wildman–Crippen LogP) is 5.18. The molecule has 220 valence electrons. The van der Waals surface area contributed by atoms with Crippen molar-refractivity contribution in [2.75, 3.05) is 9.80 Å². The van der Waals surface area contributed by atoms with Gasteiger partial charge in [0.25, 0.3) is 0 Å². The van der Waals surface area contributed by atoms with Crippen molar-refractivity contribution in [2.24, 2.45) is 35.0 Å². The van der Waals surface area contributed by atoms with Crippen molar-refractivity contribution in [1.29, 1.82) is 0 Å². The van der Waals surface area contributed by atoms with Crippen LogP contribution in [0.15, 0.2) is 102 Å². The first-order valence-corrected chi connectivity index (χ1v) is 15.0. The molecule has 3 aliphatic heterocycles. The fraction of sp³-hybridized carbons (Fsp3) is 0.278. The second-order valence-electron chi connectivity index (χ2n) is 12.6. The van der Waals surface area contributed by atoms with Crippen LogP contribution in [0.4, 0.5) is 11.4 Å².